The van der Waals surface area contributed by atoms with E-state index in [9.17, 15) is 37.1 Å². The number of anilines is 2. The van der Waals surface area contributed by atoms with E-state index in [-0.39, 0.29) is 36.5 Å². The van der Waals surface area contributed by atoms with E-state index in [1.54, 1.807) is 34.5 Å². The van der Waals surface area contributed by atoms with Crippen molar-refractivity contribution in [3.05, 3.63) is 131 Å². The molecular weight excluding hydrogens is 802 g/mol. The second kappa shape index (κ2) is 22.7. The van der Waals surface area contributed by atoms with Crippen molar-refractivity contribution in [3.63, 3.8) is 0 Å². The first kappa shape index (κ1) is 47.0. The van der Waals surface area contributed by atoms with Crippen LogP contribution in [0.4, 0.5) is 34.1 Å². The van der Waals surface area contributed by atoms with Gasteiger partial charge in [-0.3, -0.25) is 24.2 Å². The number of urea groups is 2. The molecular formula is C46H55F3N8O5. The maximum atomic E-state index is 13.4. The predicted octanol–water partition coefficient (Wildman–Crippen LogP) is 5.90. The average Bonchev–Trinajstić information content (AvgIpc) is 3.65. The molecule has 5 amide bonds. The fourth-order valence-corrected chi connectivity index (χ4v) is 7.01. The Balaban J connectivity index is 0.000000238. The summed E-state index contributed by atoms with van der Waals surface area (Å²) in [4.78, 5) is 73.3. The third-order valence-electron chi connectivity index (χ3n) is 10.7. The second-order valence-electron chi connectivity index (χ2n) is 15.3. The number of rotatable bonds is 11. The van der Waals surface area contributed by atoms with Gasteiger partial charge in [0.1, 0.15) is 0 Å². The normalized spacial score (nSPS) is 15.0. The Morgan fingerprint density at radius 1 is 0.565 bits per heavy atom. The molecule has 0 bridgehead atoms. The van der Waals surface area contributed by atoms with Gasteiger partial charge in [0.25, 0.3) is 0 Å². The first-order valence-corrected chi connectivity index (χ1v) is 20.6. The minimum Gasteiger partial charge on any atom is -0.341 e. The Labute approximate surface area is 360 Å². The molecule has 0 spiro atoms. The van der Waals surface area contributed by atoms with E-state index in [0.717, 1.165) is 74.6 Å². The van der Waals surface area contributed by atoms with Crippen LogP contribution in [0.5, 0.6) is 0 Å². The number of hydrogen-bond acceptors (Lipinski definition) is 8. The first-order chi connectivity index (χ1) is 29.7. The van der Waals surface area contributed by atoms with Gasteiger partial charge < -0.3 is 30.7 Å². The summed E-state index contributed by atoms with van der Waals surface area (Å²) < 4.78 is 36.9. The molecule has 2 fully saturated rings. The van der Waals surface area contributed by atoms with E-state index in [1.165, 1.54) is 12.1 Å². The van der Waals surface area contributed by atoms with Crippen LogP contribution >= 0.6 is 0 Å². The van der Waals surface area contributed by atoms with E-state index < -0.39 is 24.4 Å². The molecule has 16 heteroatoms. The van der Waals surface area contributed by atoms with E-state index >= 15 is 0 Å². The van der Waals surface area contributed by atoms with Crippen molar-refractivity contribution in [2.24, 2.45) is 5.73 Å². The summed E-state index contributed by atoms with van der Waals surface area (Å²) in [6.45, 7) is 6.31. The number of nitrogens with one attached hydrogen (secondary N) is 1. The molecule has 2 aliphatic rings. The number of para-hydroxylation sites is 2. The lowest BCUT2D eigenvalue weighted by Gasteiger charge is -2.30. The topological polar surface area (TPSA) is 143 Å². The summed E-state index contributed by atoms with van der Waals surface area (Å²) in [5.41, 5.74) is 9.52. The molecule has 13 nitrogen and oxygen atoms in total. The van der Waals surface area contributed by atoms with Gasteiger partial charge in [0.05, 0.1) is 26.2 Å². The van der Waals surface area contributed by atoms with Crippen molar-refractivity contribution in [1.82, 2.24) is 24.9 Å². The van der Waals surface area contributed by atoms with E-state index in [0.29, 0.717) is 25.2 Å². The number of ketones is 2. The number of likely N-dealkylation sites (N-methyl/N-ethyl adjacent to an activating group) is 2. The third kappa shape index (κ3) is 13.7. The van der Waals surface area contributed by atoms with Gasteiger partial charge in [-0.1, -0.05) is 84.9 Å². The fraction of sp³-hybridized carbons (Fsp3) is 0.370. The van der Waals surface area contributed by atoms with Crippen molar-refractivity contribution in [2.45, 2.75) is 32.1 Å². The molecule has 2 heterocycles. The van der Waals surface area contributed by atoms with Crippen LogP contribution in [0.15, 0.2) is 109 Å². The molecule has 2 aliphatic heterocycles. The lowest BCUT2D eigenvalue weighted by molar-refractivity contribution is -0.173. The van der Waals surface area contributed by atoms with Crippen molar-refractivity contribution >= 4 is 40.9 Å². The molecule has 4 aromatic rings. The number of hydrogen-bond donors (Lipinski definition) is 2. The summed E-state index contributed by atoms with van der Waals surface area (Å²) in [6, 6.07) is 32.5. The maximum Gasteiger partial charge on any atom is 0.471 e. The van der Waals surface area contributed by atoms with Crippen molar-refractivity contribution in [3.8, 4) is 0 Å². The molecule has 3 N–H and O–H groups in total. The Morgan fingerprint density at radius 2 is 0.968 bits per heavy atom. The van der Waals surface area contributed by atoms with Crippen LogP contribution < -0.4 is 20.9 Å². The Hall–Kier alpha value is -6.10. The number of nitrogens with two attached hydrogens (primary N) is 1. The van der Waals surface area contributed by atoms with Crippen LogP contribution in [0.25, 0.3) is 0 Å². The monoisotopic (exact) mass is 856 g/mol. The minimum absolute atomic E-state index is 0.00260. The number of amides is 5. The molecule has 0 radical (unpaired) electrons. The summed E-state index contributed by atoms with van der Waals surface area (Å²) in [6.07, 6.45) is -3.19. The number of halogens is 3. The Morgan fingerprint density at radius 3 is 1.35 bits per heavy atom. The summed E-state index contributed by atoms with van der Waals surface area (Å²) in [5.74, 6) is -2.89. The van der Waals surface area contributed by atoms with Gasteiger partial charge >= 0.3 is 24.1 Å². The number of carbonyl (C=O) groups is 5. The molecule has 0 atom stereocenters. The van der Waals surface area contributed by atoms with Gasteiger partial charge in [-0.25, -0.2) is 9.59 Å². The van der Waals surface area contributed by atoms with E-state index in [4.69, 9.17) is 5.73 Å². The van der Waals surface area contributed by atoms with Gasteiger partial charge in [0.15, 0.2) is 11.6 Å². The molecule has 2 saturated heterocycles. The van der Waals surface area contributed by atoms with Crippen molar-refractivity contribution in [2.75, 3.05) is 89.3 Å². The van der Waals surface area contributed by atoms with Crippen molar-refractivity contribution in [1.29, 1.82) is 0 Å². The van der Waals surface area contributed by atoms with Crippen LogP contribution in [-0.2, 0) is 17.9 Å². The van der Waals surface area contributed by atoms with Crippen LogP contribution in [-0.4, -0.2) is 135 Å². The second-order valence-corrected chi connectivity index (χ2v) is 15.3. The van der Waals surface area contributed by atoms with Gasteiger partial charge in [-0.05, 0) is 75.4 Å². The highest BCUT2D eigenvalue weighted by Gasteiger charge is 2.38. The van der Waals surface area contributed by atoms with E-state index in [2.05, 4.69) is 16.8 Å². The van der Waals surface area contributed by atoms with Crippen LogP contribution in [0.2, 0.25) is 0 Å². The predicted molar refractivity (Wildman–Crippen MR) is 233 cm³/mol. The zero-order valence-electron chi connectivity index (χ0n) is 35.2. The SMILES string of the molecule is CN1CCCN(C(=O)N(Cc2ccc(C(=O)CN)cc2)c2ccccc2)CC1.CN1CCCN(C(=O)N(Cc2ccc(C(=O)CNC(=O)C(F)(F)F)cc2)c2ccccc2)CC1. The Kier molecular flexibility index (Phi) is 17.2. The highest BCUT2D eigenvalue weighted by Crippen LogP contribution is 2.22. The van der Waals surface area contributed by atoms with Gasteiger partial charge in [0, 0.05) is 61.8 Å². The van der Waals surface area contributed by atoms with Gasteiger partial charge in [-0.15, -0.1) is 0 Å². The number of alkyl halides is 3. The number of Topliss-reactive ketones (excluding diaryl/α,β-unsaturated/α-hetero) is 2. The fourth-order valence-electron chi connectivity index (χ4n) is 7.01. The Bertz CT molecular complexity index is 2090. The summed E-state index contributed by atoms with van der Waals surface area (Å²) >= 11 is 0. The molecule has 62 heavy (non-hydrogen) atoms. The molecule has 0 aromatic heterocycles. The smallest absolute Gasteiger partial charge is 0.341 e. The molecule has 6 rings (SSSR count). The largest absolute Gasteiger partial charge is 0.471 e. The zero-order valence-corrected chi connectivity index (χ0v) is 35.2. The van der Waals surface area contributed by atoms with Crippen LogP contribution in [0.3, 0.4) is 0 Å². The first-order valence-electron chi connectivity index (χ1n) is 20.6. The number of carbonyl (C=O) groups excluding carboxylic acids is 5. The maximum absolute atomic E-state index is 13.4. The van der Waals surface area contributed by atoms with Gasteiger partial charge in [-0.2, -0.15) is 13.2 Å². The molecule has 330 valence electrons. The molecule has 0 unspecified atom stereocenters. The standard InChI is InChI=1S/C24H27F3N4O3.C22H28N4O2/c1-29-12-5-13-30(15-14-29)23(34)31(20-6-3-2-4-7-20)17-18-8-10-19(11-9-18)21(32)16-28-22(33)24(25,26)27;1-24-12-5-13-25(15-14-24)22(28)26(20-6-3-2-4-7-20)17-18-8-10-19(11-9-18)21(27)16-23/h2-4,6-11H,5,12-17H2,1H3,(H,28,33);2-4,6-11H,5,12-17,23H2,1H3. The minimum atomic E-state index is -5.04. The average molecular weight is 857 g/mol. The van der Waals surface area contributed by atoms with Crippen LogP contribution in [0.1, 0.15) is 44.7 Å². The summed E-state index contributed by atoms with van der Waals surface area (Å²) in [5, 5.41) is 1.57. The van der Waals surface area contributed by atoms with Gasteiger partial charge in [0.2, 0.25) is 0 Å². The highest BCUT2D eigenvalue weighted by atomic mass is 19.4. The summed E-state index contributed by atoms with van der Waals surface area (Å²) in [7, 11) is 4.12. The zero-order chi connectivity index (χ0) is 44.6. The molecule has 4 aromatic carbocycles. The molecule has 0 saturated carbocycles. The lowest BCUT2D eigenvalue weighted by Crippen LogP contribution is -2.44. The van der Waals surface area contributed by atoms with Crippen LogP contribution in [0, 0.1) is 0 Å². The van der Waals surface area contributed by atoms with E-state index in [1.807, 2.05) is 94.5 Å². The number of nitrogens with zero attached hydrogens (tertiary/aromatic N) is 6. The third-order valence-corrected chi connectivity index (χ3v) is 10.7. The van der Waals surface area contributed by atoms with Crippen molar-refractivity contribution < 1.29 is 37.1 Å². The highest BCUT2D eigenvalue weighted by molar-refractivity contribution is 6.00. The number of benzene rings is 4. The lowest BCUT2D eigenvalue weighted by atomic mass is 10.1. The molecule has 0 aliphatic carbocycles. The quantitative estimate of drug-likeness (QED) is 0.178.